The molecule has 4 nitrogen and oxygen atoms in total. The van der Waals surface area contributed by atoms with E-state index < -0.39 is 11.5 Å². The van der Waals surface area contributed by atoms with Crippen LogP contribution in [0.2, 0.25) is 0 Å². The van der Waals surface area contributed by atoms with Gasteiger partial charge in [0.25, 0.3) is 0 Å². The van der Waals surface area contributed by atoms with Crippen molar-refractivity contribution in [2.45, 2.75) is 18.5 Å². The number of amidine groups is 1. The molecule has 2 aromatic rings. The minimum Gasteiger partial charge on any atom is -0.479 e. The van der Waals surface area contributed by atoms with Crippen LogP contribution in [0.3, 0.4) is 0 Å². The molecule has 2 atom stereocenters. The molecule has 0 spiro atoms. The van der Waals surface area contributed by atoms with Gasteiger partial charge >= 0.3 is 5.97 Å². The molecule has 0 unspecified atom stereocenters. The van der Waals surface area contributed by atoms with E-state index in [0.29, 0.717) is 5.84 Å². The molecule has 0 aliphatic carbocycles. The van der Waals surface area contributed by atoms with E-state index in [-0.39, 0.29) is 6.04 Å². The molecule has 1 aliphatic heterocycles. The Labute approximate surface area is 123 Å². The van der Waals surface area contributed by atoms with Crippen molar-refractivity contribution in [1.82, 2.24) is 5.32 Å². The fourth-order valence-electron chi connectivity index (χ4n) is 2.57. The van der Waals surface area contributed by atoms with Crippen molar-refractivity contribution < 1.29 is 9.90 Å². The first-order valence-electron chi connectivity index (χ1n) is 6.81. The van der Waals surface area contributed by atoms with Crippen LogP contribution in [0.1, 0.15) is 24.1 Å². The Balaban J connectivity index is 2.03. The number of aliphatic imine (C=N–C) groups is 1. The Kier molecular flexibility index (Phi) is 3.22. The molecule has 0 radical (unpaired) electrons. The van der Waals surface area contributed by atoms with Crippen LogP contribution in [0.4, 0.5) is 0 Å². The third-order valence-electron chi connectivity index (χ3n) is 3.80. The van der Waals surface area contributed by atoms with Gasteiger partial charge in [0.1, 0.15) is 5.84 Å². The van der Waals surface area contributed by atoms with Gasteiger partial charge in [-0.3, -0.25) is 0 Å². The highest BCUT2D eigenvalue weighted by molar-refractivity contribution is 6.03. The Morgan fingerprint density at radius 3 is 2.24 bits per heavy atom. The lowest BCUT2D eigenvalue weighted by molar-refractivity contribution is -0.143. The Bertz CT molecular complexity index is 682. The summed E-state index contributed by atoms with van der Waals surface area (Å²) in [4.78, 5) is 16.2. The summed E-state index contributed by atoms with van der Waals surface area (Å²) in [6.07, 6.45) is 0. The number of benzene rings is 2. The lowest BCUT2D eigenvalue weighted by Gasteiger charge is -2.25. The Morgan fingerprint density at radius 2 is 1.67 bits per heavy atom. The number of carboxylic acids is 1. The zero-order chi connectivity index (χ0) is 14.9. The van der Waals surface area contributed by atoms with E-state index in [2.05, 4.69) is 10.3 Å². The molecule has 21 heavy (non-hydrogen) atoms. The monoisotopic (exact) mass is 280 g/mol. The van der Waals surface area contributed by atoms with Crippen LogP contribution in [0.5, 0.6) is 0 Å². The van der Waals surface area contributed by atoms with Gasteiger partial charge in [0, 0.05) is 5.56 Å². The van der Waals surface area contributed by atoms with Crippen LogP contribution in [0.25, 0.3) is 0 Å². The second-order valence-electron chi connectivity index (χ2n) is 5.27. The predicted octanol–water partition coefficient (Wildman–Crippen LogP) is 2.62. The predicted molar refractivity (Wildman–Crippen MR) is 81.3 cm³/mol. The smallest absolute Gasteiger partial charge is 0.333 e. The highest BCUT2D eigenvalue weighted by atomic mass is 16.4. The lowest BCUT2D eigenvalue weighted by atomic mass is 9.89. The fourth-order valence-corrected chi connectivity index (χ4v) is 2.57. The highest BCUT2D eigenvalue weighted by Gasteiger charge is 2.47. The maximum atomic E-state index is 11.7. The first-order chi connectivity index (χ1) is 10.1. The van der Waals surface area contributed by atoms with Crippen LogP contribution in [-0.2, 0) is 4.79 Å². The topological polar surface area (TPSA) is 61.7 Å². The molecule has 0 amide bonds. The SMILES string of the molecule is C[C@]1(C(=O)O)N=C(c2ccccc2)N[C@H]1c1ccccc1. The molecule has 0 saturated heterocycles. The molecule has 2 aromatic carbocycles. The minimum atomic E-state index is -1.22. The Hall–Kier alpha value is -2.62. The third-order valence-corrected chi connectivity index (χ3v) is 3.80. The summed E-state index contributed by atoms with van der Waals surface area (Å²) in [7, 11) is 0. The number of rotatable bonds is 3. The first-order valence-corrected chi connectivity index (χ1v) is 6.81. The summed E-state index contributed by atoms with van der Waals surface area (Å²) in [5.41, 5.74) is 0.590. The van der Waals surface area contributed by atoms with Gasteiger partial charge in [-0.05, 0) is 12.5 Å². The number of hydrogen-bond acceptors (Lipinski definition) is 3. The molecule has 0 aromatic heterocycles. The van der Waals surface area contributed by atoms with Gasteiger partial charge < -0.3 is 10.4 Å². The molecule has 0 fully saturated rings. The maximum absolute atomic E-state index is 11.7. The van der Waals surface area contributed by atoms with E-state index in [1.54, 1.807) is 6.92 Å². The van der Waals surface area contributed by atoms with Gasteiger partial charge in [0.15, 0.2) is 5.54 Å². The van der Waals surface area contributed by atoms with Gasteiger partial charge in [-0.25, -0.2) is 9.79 Å². The molecule has 4 heteroatoms. The van der Waals surface area contributed by atoms with Gasteiger partial charge in [-0.15, -0.1) is 0 Å². The van der Waals surface area contributed by atoms with Gasteiger partial charge in [0.05, 0.1) is 6.04 Å². The molecular weight excluding hydrogens is 264 g/mol. The Morgan fingerprint density at radius 1 is 1.10 bits per heavy atom. The van der Waals surface area contributed by atoms with E-state index >= 15 is 0 Å². The third kappa shape index (κ3) is 2.29. The molecule has 0 bridgehead atoms. The normalized spacial score (nSPS) is 24.2. The van der Waals surface area contributed by atoms with E-state index in [9.17, 15) is 9.90 Å². The van der Waals surface area contributed by atoms with Crippen molar-refractivity contribution in [2.24, 2.45) is 4.99 Å². The first kappa shape index (κ1) is 13.4. The zero-order valence-electron chi connectivity index (χ0n) is 11.7. The van der Waals surface area contributed by atoms with E-state index in [1.807, 2.05) is 60.7 Å². The molecule has 0 saturated carbocycles. The molecule has 3 rings (SSSR count). The average molecular weight is 280 g/mol. The van der Waals surface area contributed by atoms with Crippen molar-refractivity contribution in [3.8, 4) is 0 Å². The number of nitrogens with zero attached hydrogens (tertiary/aromatic N) is 1. The minimum absolute atomic E-state index is 0.383. The van der Waals surface area contributed by atoms with Crippen molar-refractivity contribution in [3.63, 3.8) is 0 Å². The molecule has 1 heterocycles. The summed E-state index contributed by atoms with van der Waals surface area (Å²) in [6, 6.07) is 18.7. The largest absolute Gasteiger partial charge is 0.479 e. The summed E-state index contributed by atoms with van der Waals surface area (Å²) in [5.74, 6) is -0.316. The summed E-state index contributed by atoms with van der Waals surface area (Å²) in [6.45, 7) is 1.65. The number of carbonyl (C=O) groups is 1. The fraction of sp³-hybridized carbons (Fsp3) is 0.176. The molecule has 2 N–H and O–H groups in total. The average Bonchev–Trinajstić information content (AvgIpc) is 2.88. The van der Waals surface area contributed by atoms with E-state index in [0.717, 1.165) is 11.1 Å². The van der Waals surface area contributed by atoms with Crippen LogP contribution in [-0.4, -0.2) is 22.5 Å². The van der Waals surface area contributed by atoms with E-state index in [1.165, 1.54) is 0 Å². The molecular formula is C17H16N2O2. The number of nitrogens with one attached hydrogen (secondary N) is 1. The number of hydrogen-bond donors (Lipinski definition) is 2. The second-order valence-corrected chi connectivity index (χ2v) is 5.27. The van der Waals surface area contributed by atoms with Crippen LogP contribution in [0, 0.1) is 0 Å². The standard InChI is InChI=1S/C17H16N2O2/c1-17(16(20)21)14(12-8-4-2-5-9-12)18-15(19-17)13-10-6-3-7-11-13/h2-11,14H,1H3,(H,18,19)(H,20,21)/t14-,17-/m0/s1. The summed E-state index contributed by atoms with van der Waals surface area (Å²) < 4.78 is 0. The van der Waals surface area contributed by atoms with Crippen molar-refractivity contribution in [1.29, 1.82) is 0 Å². The maximum Gasteiger partial charge on any atom is 0.333 e. The van der Waals surface area contributed by atoms with Crippen LogP contribution in [0.15, 0.2) is 65.7 Å². The van der Waals surface area contributed by atoms with Crippen molar-refractivity contribution in [3.05, 3.63) is 71.8 Å². The number of aliphatic carboxylic acids is 1. The highest BCUT2D eigenvalue weighted by Crippen LogP contribution is 2.35. The van der Waals surface area contributed by atoms with Gasteiger partial charge in [-0.2, -0.15) is 0 Å². The second kappa shape index (κ2) is 5.05. The number of carboxylic acid groups (broad SMARTS) is 1. The van der Waals surface area contributed by atoms with Gasteiger partial charge in [-0.1, -0.05) is 60.7 Å². The molecule has 1 aliphatic rings. The lowest BCUT2D eigenvalue weighted by Crippen LogP contribution is -2.41. The molecule has 106 valence electrons. The van der Waals surface area contributed by atoms with Crippen molar-refractivity contribution >= 4 is 11.8 Å². The summed E-state index contributed by atoms with van der Waals surface area (Å²) >= 11 is 0. The van der Waals surface area contributed by atoms with Crippen LogP contribution < -0.4 is 5.32 Å². The van der Waals surface area contributed by atoms with E-state index in [4.69, 9.17) is 0 Å². The van der Waals surface area contributed by atoms with Crippen LogP contribution >= 0.6 is 0 Å². The summed E-state index contributed by atoms with van der Waals surface area (Å²) in [5, 5.41) is 12.9. The van der Waals surface area contributed by atoms with Gasteiger partial charge in [0.2, 0.25) is 0 Å². The van der Waals surface area contributed by atoms with Crippen molar-refractivity contribution in [2.75, 3.05) is 0 Å². The zero-order valence-corrected chi connectivity index (χ0v) is 11.7. The quantitative estimate of drug-likeness (QED) is 0.908.